The summed E-state index contributed by atoms with van der Waals surface area (Å²) in [6.45, 7) is 4.07. The number of aromatic nitrogens is 2. The van der Waals surface area contributed by atoms with Crippen molar-refractivity contribution in [3.63, 3.8) is 0 Å². The summed E-state index contributed by atoms with van der Waals surface area (Å²) >= 11 is 0. The molecule has 0 aliphatic rings. The first kappa shape index (κ1) is 11.1. The quantitative estimate of drug-likeness (QED) is 0.704. The highest BCUT2D eigenvalue weighted by Crippen LogP contribution is 2.15. The fourth-order valence-electron chi connectivity index (χ4n) is 0.966. The average molecular weight is 201 g/mol. The van der Waals surface area contributed by atoms with Gasteiger partial charge in [0.05, 0.1) is 6.61 Å². The molecule has 0 saturated heterocycles. The first-order valence-electron chi connectivity index (χ1n) is 4.50. The minimum absolute atomic E-state index is 0.218. The monoisotopic (exact) mass is 201 g/mol. The van der Waals surface area contributed by atoms with Gasteiger partial charge in [0, 0.05) is 6.61 Å². The molecule has 0 fully saturated rings. The van der Waals surface area contributed by atoms with Crippen molar-refractivity contribution in [3.05, 3.63) is 11.7 Å². The third-order valence-corrected chi connectivity index (χ3v) is 1.75. The van der Waals surface area contributed by atoms with Gasteiger partial charge in [-0.15, -0.1) is 0 Å². The number of aliphatic hydroxyl groups is 1. The van der Waals surface area contributed by atoms with E-state index in [2.05, 4.69) is 10.1 Å². The maximum absolute atomic E-state index is 8.76. The summed E-state index contributed by atoms with van der Waals surface area (Å²) in [5, 5.41) is 12.5. The molecule has 0 saturated carbocycles. The molecule has 0 aromatic carbocycles. The summed E-state index contributed by atoms with van der Waals surface area (Å²) < 4.78 is 10.1. The Morgan fingerprint density at radius 3 is 2.93 bits per heavy atom. The highest BCUT2D eigenvalue weighted by atomic mass is 16.5. The molecule has 6 heteroatoms. The molecule has 1 rings (SSSR count). The number of aliphatic hydroxyl groups excluding tert-OH is 1. The van der Waals surface area contributed by atoms with Gasteiger partial charge < -0.3 is 20.1 Å². The van der Waals surface area contributed by atoms with E-state index in [1.165, 1.54) is 0 Å². The van der Waals surface area contributed by atoms with Crippen LogP contribution in [0.2, 0.25) is 0 Å². The number of nitrogens with two attached hydrogens (primary N) is 1. The fraction of sp³-hybridized carbons (Fsp3) is 0.750. The predicted octanol–water partition coefficient (Wildman–Crippen LogP) is 0.159. The van der Waals surface area contributed by atoms with E-state index in [-0.39, 0.29) is 18.6 Å². The second-order valence-electron chi connectivity index (χ2n) is 2.88. The van der Waals surface area contributed by atoms with E-state index >= 15 is 0 Å². The molecule has 0 amide bonds. The zero-order chi connectivity index (χ0) is 10.6. The number of nitrogens with zero attached hydrogens (tertiary/aromatic N) is 2. The van der Waals surface area contributed by atoms with Crippen molar-refractivity contribution in [2.24, 2.45) is 5.73 Å². The van der Waals surface area contributed by atoms with E-state index in [0.29, 0.717) is 12.4 Å². The van der Waals surface area contributed by atoms with Gasteiger partial charge >= 0.3 is 0 Å². The van der Waals surface area contributed by atoms with E-state index in [1.54, 1.807) is 0 Å². The molecule has 2 atom stereocenters. The van der Waals surface area contributed by atoms with Gasteiger partial charge in [-0.05, 0) is 13.8 Å². The van der Waals surface area contributed by atoms with Crippen molar-refractivity contribution < 1.29 is 14.4 Å². The largest absolute Gasteiger partial charge is 0.394 e. The number of rotatable bonds is 5. The second-order valence-corrected chi connectivity index (χ2v) is 2.88. The topological polar surface area (TPSA) is 94.4 Å². The molecule has 1 aromatic heterocycles. The Hall–Kier alpha value is -0.980. The van der Waals surface area contributed by atoms with Gasteiger partial charge in [0.2, 0.25) is 5.89 Å². The second kappa shape index (κ2) is 5.04. The summed E-state index contributed by atoms with van der Waals surface area (Å²) in [6, 6.07) is -0.620. The Labute approximate surface area is 82.1 Å². The fourth-order valence-corrected chi connectivity index (χ4v) is 0.966. The van der Waals surface area contributed by atoms with Crippen LogP contribution >= 0.6 is 0 Å². The summed E-state index contributed by atoms with van der Waals surface area (Å²) in [6.07, 6.45) is -0.219. The zero-order valence-corrected chi connectivity index (χ0v) is 8.30. The normalized spacial score (nSPS) is 15.4. The van der Waals surface area contributed by atoms with Crippen molar-refractivity contribution >= 4 is 0 Å². The van der Waals surface area contributed by atoms with Crippen LogP contribution in [0.3, 0.4) is 0 Å². The molecule has 80 valence electrons. The third-order valence-electron chi connectivity index (χ3n) is 1.75. The van der Waals surface area contributed by atoms with Gasteiger partial charge in [0.1, 0.15) is 12.1 Å². The molecule has 0 aliphatic heterocycles. The van der Waals surface area contributed by atoms with E-state index in [0.717, 1.165) is 0 Å². The molecule has 14 heavy (non-hydrogen) atoms. The Kier molecular flexibility index (Phi) is 3.99. The molecule has 0 spiro atoms. The Balaban J connectivity index is 2.67. The highest BCUT2D eigenvalue weighted by molar-refractivity contribution is 4.93. The van der Waals surface area contributed by atoms with Gasteiger partial charge in [-0.1, -0.05) is 5.16 Å². The average Bonchev–Trinajstić information content (AvgIpc) is 2.66. The van der Waals surface area contributed by atoms with Crippen molar-refractivity contribution in [2.45, 2.75) is 26.0 Å². The predicted molar refractivity (Wildman–Crippen MR) is 48.4 cm³/mol. The summed E-state index contributed by atoms with van der Waals surface area (Å²) in [5.41, 5.74) is 5.49. The van der Waals surface area contributed by atoms with Crippen LogP contribution in [0.5, 0.6) is 0 Å². The van der Waals surface area contributed by atoms with Crippen LogP contribution in [-0.2, 0) is 4.74 Å². The van der Waals surface area contributed by atoms with Crippen LogP contribution in [0.4, 0.5) is 0 Å². The lowest BCUT2D eigenvalue weighted by molar-refractivity contribution is 0.0683. The molecule has 3 N–H and O–H groups in total. The number of ether oxygens (including phenoxy) is 1. The van der Waals surface area contributed by atoms with Crippen molar-refractivity contribution in [2.75, 3.05) is 13.2 Å². The van der Waals surface area contributed by atoms with Crippen molar-refractivity contribution in [1.82, 2.24) is 10.1 Å². The lowest BCUT2D eigenvalue weighted by Crippen LogP contribution is -2.15. The van der Waals surface area contributed by atoms with Crippen LogP contribution < -0.4 is 5.73 Å². The van der Waals surface area contributed by atoms with E-state index < -0.39 is 6.04 Å². The van der Waals surface area contributed by atoms with Crippen LogP contribution in [0.15, 0.2) is 4.52 Å². The number of hydrogen-bond donors (Lipinski definition) is 2. The van der Waals surface area contributed by atoms with Crippen LogP contribution in [0.25, 0.3) is 0 Å². The first-order chi connectivity index (χ1) is 6.69. The number of hydrogen-bond acceptors (Lipinski definition) is 6. The van der Waals surface area contributed by atoms with Crippen LogP contribution in [0, 0.1) is 0 Å². The summed E-state index contributed by atoms with van der Waals surface area (Å²) in [7, 11) is 0. The highest BCUT2D eigenvalue weighted by Gasteiger charge is 2.17. The molecule has 1 heterocycles. The first-order valence-corrected chi connectivity index (χ1v) is 4.50. The van der Waals surface area contributed by atoms with E-state index in [4.69, 9.17) is 20.1 Å². The molecular formula is C8H15N3O3. The molecular weight excluding hydrogens is 186 g/mol. The van der Waals surface area contributed by atoms with E-state index in [9.17, 15) is 0 Å². The van der Waals surface area contributed by atoms with E-state index in [1.807, 2.05) is 13.8 Å². The lowest BCUT2D eigenvalue weighted by Gasteiger charge is -2.05. The standard InChI is InChI=1S/C8H15N3O3/c1-3-13-5(2)7-10-8(14-11-7)6(9)4-12/h5-6,12H,3-4,9H2,1-2H3. The van der Waals surface area contributed by atoms with Crippen LogP contribution in [-0.4, -0.2) is 28.5 Å². The van der Waals surface area contributed by atoms with Crippen LogP contribution in [0.1, 0.15) is 37.7 Å². The maximum atomic E-state index is 8.76. The van der Waals surface area contributed by atoms with Gasteiger partial charge in [0.15, 0.2) is 5.82 Å². The van der Waals surface area contributed by atoms with Gasteiger partial charge in [-0.3, -0.25) is 0 Å². The molecule has 0 bridgehead atoms. The molecule has 0 radical (unpaired) electrons. The maximum Gasteiger partial charge on any atom is 0.246 e. The van der Waals surface area contributed by atoms with Crippen molar-refractivity contribution in [1.29, 1.82) is 0 Å². The minimum atomic E-state index is -0.620. The Bertz CT molecular complexity index is 277. The Morgan fingerprint density at radius 1 is 1.64 bits per heavy atom. The molecule has 2 unspecified atom stereocenters. The smallest absolute Gasteiger partial charge is 0.246 e. The third kappa shape index (κ3) is 2.50. The summed E-state index contributed by atoms with van der Waals surface area (Å²) in [4.78, 5) is 4.01. The molecule has 6 nitrogen and oxygen atoms in total. The SMILES string of the molecule is CCOC(C)c1noc(C(N)CO)n1. The molecule has 0 aliphatic carbocycles. The van der Waals surface area contributed by atoms with Gasteiger partial charge in [-0.25, -0.2) is 0 Å². The van der Waals surface area contributed by atoms with Gasteiger partial charge in [-0.2, -0.15) is 4.98 Å². The van der Waals surface area contributed by atoms with Gasteiger partial charge in [0.25, 0.3) is 0 Å². The minimum Gasteiger partial charge on any atom is -0.394 e. The lowest BCUT2D eigenvalue weighted by atomic mass is 10.3. The Morgan fingerprint density at radius 2 is 2.36 bits per heavy atom. The zero-order valence-electron chi connectivity index (χ0n) is 8.30. The summed E-state index contributed by atoms with van der Waals surface area (Å²) in [5.74, 6) is 0.680. The van der Waals surface area contributed by atoms with Crippen molar-refractivity contribution in [3.8, 4) is 0 Å². The molecule has 1 aromatic rings.